The standard InChI is InChI=1S/C16H28N2O2S/c1-11-8-13(17)14(9-12(11)2)21(19,20)18-16(6,7)10-15(3,4)5/h8-9,18H,10,17H2,1-7H3. The van der Waals surface area contributed by atoms with E-state index in [1.807, 2.05) is 27.7 Å². The zero-order valence-electron chi connectivity index (χ0n) is 14.2. The van der Waals surface area contributed by atoms with Gasteiger partial charge in [-0.1, -0.05) is 20.8 Å². The minimum atomic E-state index is -3.64. The predicted octanol–water partition coefficient (Wildman–Crippen LogP) is 3.38. The maximum atomic E-state index is 12.6. The molecule has 1 aromatic carbocycles. The Morgan fingerprint density at radius 2 is 1.52 bits per heavy atom. The molecule has 120 valence electrons. The molecule has 0 aliphatic rings. The number of benzene rings is 1. The van der Waals surface area contributed by atoms with Crippen LogP contribution in [0.25, 0.3) is 0 Å². The number of nitrogens with one attached hydrogen (secondary N) is 1. The monoisotopic (exact) mass is 312 g/mol. The number of aryl methyl sites for hydroxylation is 2. The van der Waals surface area contributed by atoms with Gasteiger partial charge in [-0.2, -0.15) is 0 Å². The van der Waals surface area contributed by atoms with Crippen LogP contribution in [-0.2, 0) is 10.0 Å². The lowest BCUT2D eigenvalue weighted by Crippen LogP contribution is -2.45. The van der Waals surface area contributed by atoms with Gasteiger partial charge in [0, 0.05) is 5.54 Å². The van der Waals surface area contributed by atoms with Crippen LogP contribution in [0.3, 0.4) is 0 Å². The van der Waals surface area contributed by atoms with Gasteiger partial charge in [0.2, 0.25) is 10.0 Å². The molecular weight excluding hydrogens is 284 g/mol. The summed E-state index contributed by atoms with van der Waals surface area (Å²) in [5.41, 5.74) is 7.58. The van der Waals surface area contributed by atoms with E-state index in [2.05, 4.69) is 25.5 Å². The third-order valence-electron chi connectivity index (χ3n) is 3.30. The average Bonchev–Trinajstić information content (AvgIpc) is 2.17. The fourth-order valence-corrected chi connectivity index (χ4v) is 4.44. The van der Waals surface area contributed by atoms with E-state index < -0.39 is 15.6 Å². The zero-order chi connectivity index (χ0) is 16.6. The molecular formula is C16H28N2O2S. The molecule has 0 amide bonds. The van der Waals surface area contributed by atoms with Crippen LogP contribution in [0.15, 0.2) is 17.0 Å². The molecule has 21 heavy (non-hydrogen) atoms. The summed E-state index contributed by atoms with van der Waals surface area (Å²) in [5, 5.41) is 0. The molecule has 0 unspecified atom stereocenters. The molecule has 0 saturated carbocycles. The normalized spacial score (nSPS) is 13.5. The summed E-state index contributed by atoms with van der Waals surface area (Å²) >= 11 is 0. The first-order chi connectivity index (χ1) is 9.23. The molecule has 0 heterocycles. The first kappa shape index (κ1) is 18.0. The van der Waals surface area contributed by atoms with E-state index in [1.54, 1.807) is 12.1 Å². The van der Waals surface area contributed by atoms with Crippen molar-refractivity contribution in [3.8, 4) is 0 Å². The summed E-state index contributed by atoms with van der Waals surface area (Å²) in [7, 11) is -3.64. The highest BCUT2D eigenvalue weighted by molar-refractivity contribution is 7.89. The van der Waals surface area contributed by atoms with E-state index in [9.17, 15) is 8.42 Å². The molecule has 0 radical (unpaired) electrons. The van der Waals surface area contributed by atoms with Crippen molar-refractivity contribution in [2.75, 3.05) is 5.73 Å². The molecule has 0 bridgehead atoms. The van der Waals surface area contributed by atoms with Crippen LogP contribution in [-0.4, -0.2) is 14.0 Å². The van der Waals surface area contributed by atoms with E-state index in [1.165, 1.54) is 0 Å². The minimum Gasteiger partial charge on any atom is -0.398 e. The minimum absolute atomic E-state index is 0.0285. The summed E-state index contributed by atoms with van der Waals surface area (Å²) in [6.07, 6.45) is 0.726. The zero-order valence-corrected chi connectivity index (χ0v) is 15.0. The molecule has 3 N–H and O–H groups in total. The SMILES string of the molecule is Cc1cc(N)c(S(=O)(=O)NC(C)(C)CC(C)(C)C)cc1C. The molecule has 1 aromatic rings. The van der Waals surface area contributed by atoms with Gasteiger partial charge in [0.25, 0.3) is 0 Å². The summed E-state index contributed by atoms with van der Waals surface area (Å²) in [6, 6.07) is 3.35. The average molecular weight is 312 g/mol. The van der Waals surface area contributed by atoms with Crippen molar-refractivity contribution in [3.05, 3.63) is 23.3 Å². The Morgan fingerprint density at radius 3 is 2.00 bits per heavy atom. The van der Waals surface area contributed by atoms with Crippen molar-refractivity contribution >= 4 is 15.7 Å². The predicted molar refractivity (Wildman–Crippen MR) is 88.8 cm³/mol. The topological polar surface area (TPSA) is 72.2 Å². The van der Waals surface area contributed by atoms with Gasteiger partial charge < -0.3 is 5.73 Å². The molecule has 0 aromatic heterocycles. The van der Waals surface area contributed by atoms with Gasteiger partial charge in [-0.15, -0.1) is 0 Å². The maximum absolute atomic E-state index is 12.6. The van der Waals surface area contributed by atoms with Crippen LogP contribution in [0, 0.1) is 19.3 Å². The van der Waals surface area contributed by atoms with Gasteiger partial charge in [0.1, 0.15) is 4.90 Å². The Kier molecular flexibility index (Phi) is 4.81. The Balaban J connectivity index is 3.16. The van der Waals surface area contributed by atoms with Crippen LogP contribution in [0.5, 0.6) is 0 Å². The molecule has 4 nitrogen and oxygen atoms in total. The summed E-state index contributed by atoms with van der Waals surface area (Å²) in [5.74, 6) is 0. The van der Waals surface area contributed by atoms with Crippen molar-refractivity contribution in [1.82, 2.24) is 4.72 Å². The Hall–Kier alpha value is -1.07. The lowest BCUT2D eigenvalue weighted by atomic mass is 9.82. The summed E-state index contributed by atoms with van der Waals surface area (Å²) < 4.78 is 28.0. The van der Waals surface area contributed by atoms with Crippen LogP contribution in [0.2, 0.25) is 0 Å². The fourth-order valence-electron chi connectivity index (χ4n) is 2.83. The van der Waals surface area contributed by atoms with Crippen LogP contribution < -0.4 is 10.5 Å². The Bertz CT molecular complexity index is 626. The van der Waals surface area contributed by atoms with Gasteiger partial charge in [0.05, 0.1) is 5.69 Å². The van der Waals surface area contributed by atoms with Gasteiger partial charge in [0.15, 0.2) is 0 Å². The summed E-state index contributed by atoms with van der Waals surface area (Å²) in [6.45, 7) is 13.9. The third kappa shape index (κ3) is 5.00. The number of anilines is 1. The van der Waals surface area contributed by atoms with E-state index >= 15 is 0 Å². The maximum Gasteiger partial charge on any atom is 0.243 e. The number of nitrogens with two attached hydrogens (primary N) is 1. The van der Waals surface area contributed by atoms with Crippen molar-refractivity contribution < 1.29 is 8.42 Å². The van der Waals surface area contributed by atoms with Gasteiger partial charge in [-0.3, -0.25) is 0 Å². The number of hydrogen-bond acceptors (Lipinski definition) is 3. The van der Waals surface area contributed by atoms with Crippen molar-refractivity contribution in [2.45, 2.75) is 65.3 Å². The smallest absolute Gasteiger partial charge is 0.243 e. The fraction of sp³-hybridized carbons (Fsp3) is 0.625. The van der Waals surface area contributed by atoms with Crippen LogP contribution in [0.4, 0.5) is 5.69 Å². The number of rotatable bonds is 4. The van der Waals surface area contributed by atoms with Crippen molar-refractivity contribution in [3.63, 3.8) is 0 Å². The lowest BCUT2D eigenvalue weighted by Gasteiger charge is -2.33. The largest absolute Gasteiger partial charge is 0.398 e. The van der Waals surface area contributed by atoms with E-state index in [0.717, 1.165) is 17.5 Å². The van der Waals surface area contributed by atoms with Gasteiger partial charge >= 0.3 is 0 Å². The second-order valence-corrected chi connectivity index (χ2v) is 9.35. The number of hydrogen-bond donors (Lipinski definition) is 2. The molecule has 0 aliphatic heterocycles. The number of sulfonamides is 1. The molecule has 0 atom stereocenters. The molecule has 0 spiro atoms. The van der Waals surface area contributed by atoms with E-state index in [0.29, 0.717) is 0 Å². The molecule has 5 heteroatoms. The lowest BCUT2D eigenvalue weighted by molar-refractivity contribution is 0.269. The Morgan fingerprint density at radius 1 is 1.05 bits per heavy atom. The molecule has 0 fully saturated rings. The molecule has 1 rings (SSSR count). The van der Waals surface area contributed by atoms with Crippen LogP contribution >= 0.6 is 0 Å². The highest BCUT2D eigenvalue weighted by atomic mass is 32.2. The van der Waals surface area contributed by atoms with Gasteiger partial charge in [-0.05, 0) is 62.8 Å². The van der Waals surface area contributed by atoms with Crippen LogP contribution in [0.1, 0.15) is 52.2 Å². The second-order valence-electron chi connectivity index (χ2n) is 7.70. The highest BCUT2D eigenvalue weighted by Gasteiger charge is 2.31. The van der Waals surface area contributed by atoms with Crippen molar-refractivity contribution in [2.24, 2.45) is 5.41 Å². The molecule has 0 aliphatic carbocycles. The quantitative estimate of drug-likeness (QED) is 0.837. The first-order valence-electron chi connectivity index (χ1n) is 7.14. The van der Waals surface area contributed by atoms with Gasteiger partial charge in [-0.25, -0.2) is 13.1 Å². The first-order valence-corrected chi connectivity index (χ1v) is 8.63. The van der Waals surface area contributed by atoms with Crippen molar-refractivity contribution in [1.29, 1.82) is 0 Å². The second kappa shape index (κ2) is 5.61. The molecule has 0 saturated heterocycles. The summed E-state index contributed by atoms with van der Waals surface area (Å²) in [4.78, 5) is 0.160. The highest BCUT2D eigenvalue weighted by Crippen LogP contribution is 2.29. The van der Waals surface area contributed by atoms with E-state index in [4.69, 9.17) is 5.73 Å². The number of nitrogen functional groups attached to an aromatic ring is 1. The Labute approximate surface area is 129 Å². The third-order valence-corrected chi connectivity index (χ3v) is 5.05. The van der Waals surface area contributed by atoms with E-state index in [-0.39, 0.29) is 16.0 Å².